The van der Waals surface area contributed by atoms with E-state index in [0.29, 0.717) is 12.1 Å². The van der Waals surface area contributed by atoms with E-state index in [9.17, 15) is 4.39 Å². The van der Waals surface area contributed by atoms with Crippen molar-refractivity contribution in [1.82, 2.24) is 0 Å². The van der Waals surface area contributed by atoms with Gasteiger partial charge in [0.25, 0.3) is 0 Å². The molecule has 0 radical (unpaired) electrons. The van der Waals surface area contributed by atoms with Gasteiger partial charge in [0, 0.05) is 26.0 Å². The second-order valence-electron chi connectivity index (χ2n) is 2.92. The number of aliphatic imine (C=N–C) groups is 1. The average molecular weight is 211 g/mol. The SMILES string of the molecule is COC(C/N=C/c1ccccc1F)OC. The van der Waals surface area contributed by atoms with Crippen molar-refractivity contribution in [2.75, 3.05) is 20.8 Å². The lowest BCUT2D eigenvalue weighted by Crippen LogP contribution is -2.16. The predicted octanol–water partition coefficient (Wildman–Crippen LogP) is 1.86. The van der Waals surface area contributed by atoms with Gasteiger partial charge >= 0.3 is 0 Å². The van der Waals surface area contributed by atoms with E-state index in [1.807, 2.05) is 0 Å². The Labute approximate surface area is 88.5 Å². The van der Waals surface area contributed by atoms with E-state index in [2.05, 4.69) is 4.99 Å². The molecule has 3 nitrogen and oxygen atoms in total. The Morgan fingerprint density at radius 2 is 2.00 bits per heavy atom. The lowest BCUT2D eigenvalue weighted by atomic mass is 10.2. The standard InChI is InChI=1S/C11H14FNO2/c1-14-11(15-2)8-13-7-9-5-3-4-6-10(9)12/h3-7,11H,8H2,1-2H3/b13-7+. The first-order valence-electron chi connectivity index (χ1n) is 4.58. The normalized spacial score (nSPS) is 11.5. The van der Waals surface area contributed by atoms with Crippen molar-refractivity contribution in [1.29, 1.82) is 0 Å². The van der Waals surface area contributed by atoms with Gasteiger partial charge in [0.2, 0.25) is 0 Å². The fraction of sp³-hybridized carbons (Fsp3) is 0.364. The van der Waals surface area contributed by atoms with Crippen LogP contribution in [0, 0.1) is 5.82 Å². The van der Waals surface area contributed by atoms with Crippen LogP contribution in [0.25, 0.3) is 0 Å². The summed E-state index contributed by atoms with van der Waals surface area (Å²) in [6.45, 7) is 0.349. The van der Waals surface area contributed by atoms with Gasteiger partial charge in [-0.1, -0.05) is 18.2 Å². The Morgan fingerprint density at radius 3 is 2.60 bits per heavy atom. The van der Waals surface area contributed by atoms with E-state index in [-0.39, 0.29) is 12.1 Å². The zero-order valence-electron chi connectivity index (χ0n) is 8.81. The summed E-state index contributed by atoms with van der Waals surface area (Å²) < 4.78 is 23.0. The van der Waals surface area contributed by atoms with Crippen molar-refractivity contribution in [3.63, 3.8) is 0 Å². The molecule has 4 heteroatoms. The fourth-order valence-corrected chi connectivity index (χ4v) is 1.06. The Hall–Kier alpha value is -1.26. The number of nitrogens with zero attached hydrogens (tertiary/aromatic N) is 1. The molecule has 0 N–H and O–H groups in total. The van der Waals surface area contributed by atoms with Crippen LogP contribution < -0.4 is 0 Å². The van der Waals surface area contributed by atoms with Crippen molar-refractivity contribution in [3.8, 4) is 0 Å². The third-order valence-electron chi connectivity index (χ3n) is 1.92. The summed E-state index contributed by atoms with van der Waals surface area (Å²) in [6, 6.07) is 6.45. The number of methoxy groups -OCH3 is 2. The highest BCUT2D eigenvalue weighted by Crippen LogP contribution is 2.03. The Bertz CT molecular complexity index is 324. The molecule has 0 unspecified atom stereocenters. The van der Waals surface area contributed by atoms with Crippen LogP contribution in [-0.2, 0) is 9.47 Å². The summed E-state index contributed by atoms with van der Waals surface area (Å²) >= 11 is 0. The molecule has 0 atom stereocenters. The van der Waals surface area contributed by atoms with Gasteiger partial charge in [-0.3, -0.25) is 4.99 Å². The second-order valence-corrected chi connectivity index (χ2v) is 2.92. The largest absolute Gasteiger partial charge is 0.354 e. The lowest BCUT2D eigenvalue weighted by molar-refractivity contribution is -0.0936. The molecule has 0 aliphatic rings. The molecule has 15 heavy (non-hydrogen) atoms. The minimum atomic E-state index is -0.381. The highest BCUT2D eigenvalue weighted by molar-refractivity contribution is 5.79. The van der Waals surface area contributed by atoms with E-state index >= 15 is 0 Å². The molecule has 0 spiro atoms. The van der Waals surface area contributed by atoms with Crippen LogP contribution >= 0.6 is 0 Å². The van der Waals surface area contributed by atoms with Gasteiger partial charge in [0.05, 0.1) is 6.54 Å². The summed E-state index contributed by atoms with van der Waals surface area (Å²) in [7, 11) is 3.07. The van der Waals surface area contributed by atoms with Gasteiger partial charge in [-0.2, -0.15) is 0 Å². The van der Waals surface area contributed by atoms with Crippen molar-refractivity contribution in [2.45, 2.75) is 6.29 Å². The molecule has 82 valence electrons. The molecular formula is C11H14FNO2. The van der Waals surface area contributed by atoms with E-state index in [1.54, 1.807) is 18.2 Å². The van der Waals surface area contributed by atoms with Gasteiger partial charge in [-0.15, -0.1) is 0 Å². The van der Waals surface area contributed by atoms with Gasteiger partial charge in [0.1, 0.15) is 5.82 Å². The lowest BCUT2D eigenvalue weighted by Gasteiger charge is -2.09. The zero-order chi connectivity index (χ0) is 11.1. The van der Waals surface area contributed by atoms with E-state index in [4.69, 9.17) is 9.47 Å². The average Bonchev–Trinajstić information content (AvgIpc) is 2.27. The first-order valence-corrected chi connectivity index (χ1v) is 4.58. The molecule has 0 saturated heterocycles. The topological polar surface area (TPSA) is 30.8 Å². The molecule has 0 saturated carbocycles. The predicted molar refractivity (Wildman–Crippen MR) is 56.7 cm³/mol. The van der Waals surface area contributed by atoms with Gasteiger partial charge in [0.15, 0.2) is 6.29 Å². The molecule has 0 heterocycles. The second kappa shape index (κ2) is 6.27. The maximum absolute atomic E-state index is 13.1. The molecule has 0 bridgehead atoms. The maximum Gasteiger partial charge on any atom is 0.176 e. The van der Waals surface area contributed by atoms with Gasteiger partial charge in [-0.25, -0.2) is 4.39 Å². The summed E-state index contributed by atoms with van der Waals surface area (Å²) in [5.74, 6) is -0.285. The van der Waals surface area contributed by atoms with Crippen LogP contribution in [0.15, 0.2) is 29.3 Å². The Morgan fingerprint density at radius 1 is 1.33 bits per heavy atom. The van der Waals surface area contributed by atoms with Crippen LogP contribution in [0.5, 0.6) is 0 Å². The number of rotatable bonds is 5. The van der Waals surface area contributed by atoms with Crippen molar-refractivity contribution < 1.29 is 13.9 Å². The van der Waals surface area contributed by atoms with Gasteiger partial charge in [-0.05, 0) is 6.07 Å². The van der Waals surface area contributed by atoms with Crippen LogP contribution in [0.2, 0.25) is 0 Å². The molecule has 1 aromatic carbocycles. The minimum Gasteiger partial charge on any atom is -0.354 e. The van der Waals surface area contributed by atoms with Crippen molar-refractivity contribution in [3.05, 3.63) is 35.6 Å². The van der Waals surface area contributed by atoms with Gasteiger partial charge < -0.3 is 9.47 Å². The minimum absolute atomic E-state index is 0.285. The monoisotopic (exact) mass is 211 g/mol. The molecule has 0 fully saturated rings. The van der Waals surface area contributed by atoms with Crippen LogP contribution in [0.1, 0.15) is 5.56 Å². The summed E-state index contributed by atoms with van der Waals surface area (Å²) in [5.41, 5.74) is 0.462. The summed E-state index contributed by atoms with van der Waals surface area (Å²) in [5, 5.41) is 0. The first-order chi connectivity index (χ1) is 7.27. The Kier molecular flexibility index (Phi) is 4.93. The fourth-order valence-electron chi connectivity index (χ4n) is 1.06. The third kappa shape index (κ3) is 3.77. The molecule has 1 aromatic rings. The molecule has 0 aliphatic carbocycles. The van der Waals surface area contributed by atoms with Crippen molar-refractivity contribution in [2.24, 2.45) is 4.99 Å². The van der Waals surface area contributed by atoms with E-state index in [1.165, 1.54) is 26.5 Å². The van der Waals surface area contributed by atoms with Crippen LogP contribution in [-0.4, -0.2) is 33.3 Å². The highest BCUT2D eigenvalue weighted by Gasteiger charge is 2.02. The van der Waals surface area contributed by atoms with E-state index in [0.717, 1.165) is 0 Å². The molecule has 0 aromatic heterocycles. The zero-order valence-corrected chi connectivity index (χ0v) is 8.81. The molecule has 1 rings (SSSR count). The van der Waals surface area contributed by atoms with E-state index < -0.39 is 0 Å². The summed E-state index contributed by atoms with van der Waals surface area (Å²) in [4.78, 5) is 4.03. The quantitative estimate of drug-likeness (QED) is 0.550. The highest BCUT2D eigenvalue weighted by atomic mass is 19.1. The smallest absolute Gasteiger partial charge is 0.176 e. The third-order valence-corrected chi connectivity index (χ3v) is 1.92. The Balaban J connectivity index is 2.54. The number of hydrogen-bond acceptors (Lipinski definition) is 3. The number of hydrogen-bond donors (Lipinski definition) is 0. The first kappa shape index (κ1) is 11.8. The number of benzene rings is 1. The number of halogens is 1. The number of ether oxygens (including phenoxy) is 2. The van der Waals surface area contributed by atoms with Crippen LogP contribution in [0.4, 0.5) is 4.39 Å². The molecular weight excluding hydrogens is 197 g/mol. The van der Waals surface area contributed by atoms with Crippen molar-refractivity contribution >= 4 is 6.21 Å². The van der Waals surface area contributed by atoms with Crippen LogP contribution in [0.3, 0.4) is 0 Å². The summed E-state index contributed by atoms with van der Waals surface area (Å²) in [6.07, 6.45) is 1.09. The molecule has 0 aliphatic heterocycles. The molecule has 0 amide bonds. The maximum atomic E-state index is 13.1.